The predicted octanol–water partition coefficient (Wildman–Crippen LogP) is 2.87. The summed E-state index contributed by atoms with van der Waals surface area (Å²) in [4.78, 5) is 21.1. The van der Waals surface area contributed by atoms with Crippen LogP contribution >= 0.6 is 11.3 Å². The maximum absolute atomic E-state index is 10.5. The van der Waals surface area contributed by atoms with Gasteiger partial charge in [0.05, 0.1) is 11.9 Å². The van der Waals surface area contributed by atoms with E-state index in [1.165, 1.54) is 6.33 Å². The third kappa shape index (κ3) is 3.15. The number of carbonyl (C=O) groups excluding carboxylic acids is 1. The number of anilines is 1. The van der Waals surface area contributed by atoms with Gasteiger partial charge < -0.3 is 15.8 Å². The summed E-state index contributed by atoms with van der Waals surface area (Å²) in [6.07, 6.45) is 0.738. The van der Waals surface area contributed by atoms with Gasteiger partial charge in [-0.25, -0.2) is 14.8 Å². The summed E-state index contributed by atoms with van der Waals surface area (Å²) in [7, 11) is 0. The fourth-order valence-corrected chi connectivity index (χ4v) is 3.07. The van der Waals surface area contributed by atoms with Crippen LogP contribution in [0.1, 0.15) is 0 Å². The van der Waals surface area contributed by atoms with Crippen LogP contribution in [0.5, 0.6) is 0 Å². The molecular weight excluding hydrogens is 300 g/mol. The molecule has 0 aliphatic rings. The minimum atomic E-state index is -0.781. The third-order valence-corrected chi connectivity index (χ3v) is 4.12. The molecule has 1 aromatic carbocycles. The van der Waals surface area contributed by atoms with Gasteiger partial charge in [-0.05, 0) is 11.6 Å². The zero-order valence-corrected chi connectivity index (χ0v) is 12.5. The fraction of sp³-hybridized carbons (Fsp3) is 0.133. The Morgan fingerprint density at radius 2 is 2.09 bits per heavy atom. The summed E-state index contributed by atoms with van der Waals surface area (Å²) in [6.45, 7) is 0.627. The molecular formula is C15H14N4O2S. The van der Waals surface area contributed by atoms with E-state index >= 15 is 0 Å². The van der Waals surface area contributed by atoms with Crippen LogP contribution in [-0.4, -0.2) is 29.2 Å². The normalized spacial score (nSPS) is 10.5. The Bertz CT molecular complexity index is 789. The number of nitrogens with zero attached hydrogens (tertiary/aromatic N) is 2. The lowest BCUT2D eigenvalue weighted by Gasteiger charge is -2.05. The second-order valence-corrected chi connectivity index (χ2v) is 5.54. The van der Waals surface area contributed by atoms with Crippen molar-refractivity contribution in [1.82, 2.24) is 9.97 Å². The Labute approximate surface area is 131 Å². The average Bonchev–Trinajstić information content (AvgIpc) is 2.97. The fourth-order valence-electron chi connectivity index (χ4n) is 2.06. The van der Waals surface area contributed by atoms with Crippen molar-refractivity contribution in [2.45, 2.75) is 0 Å². The van der Waals surface area contributed by atoms with Crippen molar-refractivity contribution in [3.8, 4) is 10.4 Å². The lowest BCUT2D eigenvalue weighted by Crippen LogP contribution is -2.18. The smallest absolute Gasteiger partial charge is 0.404 e. The highest BCUT2D eigenvalue weighted by Crippen LogP contribution is 2.34. The Balaban J connectivity index is 1.83. The molecule has 3 rings (SSSR count). The Kier molecular flexibility index (Phi) is 4.15. The molecule has 0 saturated carbocycles. The zero-order valence-electron chi connectivity index (χ0n) is 11.7. The number of amides is 1. The van der Waals surface area contributed by atoms with Gasteiger partial charge in [0, 0.05) is 4.88 Å². The molecule has 0 aliphatic carbocycles. The molecule has 0 fully saturated rings. The van der Waals surface area contributed by atoms with Gasteiger partial charge >= 0.3 is 6.09 Å². The summed E-state index contributed by atoms with van der Waals surface area (Å²) in [5.74, 6) is 0.719. The minimum absolute atomic E-state index is 0.191. The maximum atomic E-state index is 10.5. The molecule has 112 valence electrons. The first-order valence-electron chi connectivity index (χ1n) is 6.70. The van der Waals surface area contributed by atoms with Gasteiger partial charge in [0.2, 0.25) is 0 Å². The second kappa shape index (κ2) is 6.40. The number of hydrogen-bond acceptors (Lipinski definition) is 6. The van der Waals surface area contributed by atoms with Crippen LogP contribution in [0.25, 0.3) is 20.7 Å². The van der Waals surface area contributed by atoms with Crippen molar-refractivity contribution in [1.29, 1.82) is 0 Å². The van der Waals surface area contributed by atoms with E-state index < -0.39 is 6.09 Å². The van der Waals surface area contributed by atoms with E-state index in [0.717, 1.165) is 26.5 Å². The molecule has 3 aromatic rings. The summed E-state index contributed by atoms with van der Waals surface area (Å²) in [6, 6.07) is 12.2. The van der Waals surface area contributed by atoms with Gasteiger partial charge in [0.15, 0.2) is 0 Å². The molecule has 0 spiro atoms. The number of nitrogens with two attached hydrogens (primary N) is 1. The quantitative estimate of drug-likeness (QED) is 0.707. The molecule has 6 nitrogen and oxygen atoms in total. The molecule has 0 aliphatic heterocycles. The number of aromatic nitrogens is 2. The number of nitrogens with one attached hydrogen (secondary N) is 1. The van der Waals surface area contributed by atoms with Crippen molar-refractivity contribution in [2.75, 3.05) is 18.5 Å². The van der Waals surface area contributed by atoms with Gasteiger partial charge in [-0.1, -0.05) is 30.3 Å². The molecule has 2 aromatic heterocycles. The molecule has 2 heterocycles. The topological polar surface area (TPSA) is 90.1 Å². The van der Waals surface area contributed by atoms with Crippen LogP contribution in [0.2, 0.25) is 0 Å². The zero-order chi connectivity index (χ0) is 15.4. The van der Waals surface area contributed by atoms with Gasteiger partial charge in [0.1, 0.15) is 23.6 Å². The molecule has 1 amide bonds. The number of ether oxygens (including phenoxy) is 1. The lowest BCUT2D eigenvalue weighted by molar-refractivity contribution is 0.161. The molecule has 7 heteroatoms. The third-order valence-electron chi connectivity index (χ3n) is 3.03. The first-order chi connectivity index (χ1) is 10.7. The maximum Gasteiger partial charge on any atom is 0.404 e. The predicted molar refractivity (Wildman–Crippen MR) is 86.9 cm³/mol. The van der Waals surface area contributed by atoms with Crippen LogP contribution in [0.4, 0.5) is 10.6 Å². The standard InChI is InChI=1S/C15H14N4O2S/c16-15(20)21-7-6-17-13-11-8-12(10-4-2-1-3-5-10)22-14(11)19-9-18-13/h1-5,8-9H,6-7H2,(H2,16,20)(H,17,18,19). The molecule has 3 N–H and O–H groups in total. The largest absolute Gasteiger partial charge is 0.448 e. The number of rotatable bonds is 5. The number of fused-ring (bicyclic) bond motifs is 1. The summed E-state index contributed by atoms with van der Waals surface area (Å²) in [5, 5.41) is 4.08. The molecule has 22 heavy (non-hydrogen) atoms. The number of hydrogen-bond donors (Lipinski definition) is 2. The lowest BCUT2D eigenvalue weighted by atomic mass is 10.2. The van der Waals surface area contributed by atoms with E-state index in [9.17, 15) is 4.79 Å². The number of primary amides is 1. The van der Waals surface area contributed by atoms with E-state index in [2.05, 4.69) is 38.2 Å². The SMILES string of the molecule is NC(=O)OCCNc1ncnc2sc(-c3ccccc3)cc12. The van der Waals surface area contributed by atoms with Crippen LogP contribution in [0.15, 0.2) is 42.7 Å². The van der Waals surface area contributed by atoms with Gasteiger partial charge in [-0.2, -0.15) is 0 Å². The van der Waals surface area contributed by atoms with E-state index in [-0.39, 0.29) is 6.61 Å². The Morgan fingerprint density at radius 3 is 2.86 bits per heavy atom. The molecule has 0 bridgehead atoms. The highest BCUT2D eigenvalue weighted by molar-refractivity contribution is 7.21. The monoisotopic (exact) mass is 314 g/mol. The van der Waals surface area contributed by atoms with Crippen molar-refractivity contribution in [3.63, 3.8) is 0 Å². The minimum Gasteiger partial charge on any atom is -0.448 e. The van der Waals surface area contributed by atoms with Crippen molar-refractivity contribution >= 4 is 33.5 Å². The summed E-state index contributed by atoms with van der Waals surface area (Å²) < 4.78 is 4.69. The van der Waals surface area contributed by atoms with Crippen LogP contribution < -0.4 is 11.1 Å². The highest BCUT2D eigenvalue weighted by atomic mass is 32.1. The van der Waals surface area contributed by atoms with Crippen LogP contribution in [0.3, 0.4) is 0 Å². The first-order valence-corrected chi connectivity index (χ1v) is 7.52. The van der Waals surface area contributed by atoms with Crippen LogP contribution in [0, 0.1) is 0 Å². The molecule has 0 saturated heterocycles. The van der Waals surface area contributed by atoms with Crippen molar-refractivity contribution in [2.24, 2.45) is 5.73 Å². The van der Waals surface area contributed by atoms with Crippen molar-refractivity contribution in [3.05, 3.63) is 42.7 Å². The number of thiophene rings is 1. The summed E-state index contributed by atoms with van der Waals surface area (Å²) in [5.41, 5.74) is 6.06. The van der Waals surface area contributed by atoms with Gasteiger partial charge in [-0.3, -0.25) is 0 Å². The Hall–Kier alpha value is -2.67. The molecule has 0 radical (unpaired) electrons. The number of benzene rings is 1. The summed E-state index contributed by atoms with van der Waals surface area (Å²) >= 11 is 1.61. The van der Waals surface area contributed by atoms with E-state index in [1.54, 1.807) is 11.3 Å². The molecule has 0 atom stereocenters. The van der Waals surface area contributed by atoms with Crippen LogP contribution in [-0.2, 0) is 4.74 Å². The number of carbonyl (C=O) groups is 1. The van der Waals surface area contributed by atoms with Gasteiger partial charge in [-0.15, -0.1) is 11.3 Å². The van der Waals surface area contributed by atoms with E-state index in [1.807, 2.05) is 18.2 Å². The van der Waals surface area contributed by atoms with Gasteiger partial charge in [0.25, 0.3) is 0 Å². The van der Waals surface area contributed by atoms with E-state index in [0.29, 0.717) is 6.54 Å². The first kappa shape index (κ1) is 14.3. The van der Waals surface area contributed by atoms with E-state index in [4.69, 9.17) is 5.73 Å². The Morgan fingerprint density at radius 1 is 1.27 bits per heavy atom. The van der Waals surface area contributed by atoms with Crippen molar-refractivity contribution < 1.29 is 9.53 Å². The highest BCUT2D eigenvalue weighted by Gasteiger charge is 2.09. The molecule has 0 unspecified atom stereocenters. The average molecular weight is 314 g/mol. The second-order valence-electron chi connectivity index (χ2n) is 4.51.